The SMILES string of the molecule is Cc1c(-c2ccc3c(=O)cc[nH]c3c2C(=O)O)cnn1CC12CC3CC(CC(C3)C1)C2. The highest BCUT2D eigenvalue weighted by Crippen LogP contribution is 2.60. The van der Waals surface area contributed by atoms with E-state index in [1.807, 2.05) is 6.92 Å². The van der Waals surface area contributed by atoms with Crippen molar-refractivity contribution in [2.24, 2.45) is 23.2 Å². The Balaban J connectivity index is 1.41. The Morgan fingerprint density at radius 3 is 2.45 bits per heavy atom. The van der Waals surface area contributed by atoms with Crippen LogP contribution in [0.1, 0.15) is 54.6 Å². The van der Waals surface area contributed by atoms with Gasteiger partial charge in [-0.05, 0) is 74.7 Å². The van der Waals surface area contributed by atoms with Crippen LogP contribution in [-0.2, 0) is 6.54 Å². The molecule has 0 atom stereocenters. The molecule has 4 aliphatic carbocycles. The van der Waals surface area contributed by atoms with Crippen LogP contribution < -0.4 is 5.43 Å². The molecular weight excluding hydrogens is 390 g/mol. The van der Waals surface area contributed by atoms with Crippen LogP contribution in [0.15, 0.2) is 35.4 Å². The van der Waals surface area contributed by atoms with Crippen LogP contribution in [0.4, 0.5) is 0 Å². The predicted octanol–water partition coefficient (Wildman–Crippen LogP) is 4.61. The molecule has 4 aliphatic rings. The van der Waals surface area contributed by atoms with Crippen molar-refractivity contribution in [3.8, 4) is 11.1 Å². The molecule has 0 aliphatic heterocycles. The third-order valence-electron chi connectivity index (χ3n) is 8.19. The summed E-state index contributed by atoms with van der Waals surface area (Å²) in [7, 11) is 0. The summed E-state index contributed by atoms with van der Waals surface area (Å²) >= 11 is 0. The summed E-state index contributed by atoms with van der Waals surface area (Å²) in [6, 6.07) is 4.88. The molecule has 2 N–H and O–H groups in total. The fraction of sp³-hybridized carbons (Fsp3) is 0.480. The van der Waals surface area contributed by atoms with Gasteiger partial charge in [0.05, 0.1) is 17.3 Å². The van der Waals surface area contributed by atoms with E-state index in [4.69, 9.17) is 5.10 Å². The number of carboxylic acids is 1. The van der Waals surface area contributed by atoms with Crippen LogP contribution in [-0.4, -0.2) is 25.8 Å². The largest absolute Gasteiger partial charge is 0.478 e. The summed E-state index contributed by atoms with van der Waals surface area (Å²) in [5.74, 6) is 1.61. The van der Waals surface area contributed by atoms with Gasteiger partial charge in [-0.15, -0.1) is 0 Å². The third-order valence-corrected chi connectivity index (χ3v) is 8.19. The minimum absolute atomic E-state index is 0.132. The van der Waals surface area contributed by atoms with Crippen molar-refractivity contribution >= 4 is 16.9 Å². The van der Waals surface area contributed by atoms with Gasteiger partial charge < -0.3 is 10.1 Å². The number of H-pyrrole nitrogens is 1. The summed E-state index contributed by atoms with van der Waals surface area (Å²) in [4.78, 5) is 27.4. The average molecular weight is 418 g/mol. The van der Waals surface area contributed by atoms with E-state index >= 15 is 0 Å². The molecule has 2 heterocycles. The van der Waals surface area contributed by atoms with E-state index < -0.39 is 5.97 Å². The molecule has 0 saturated heterocycles. The number of aromatic nitrogens is 3. The van der Waals surface area contributed by atoms with Crippen molar-refractivity contribution in [1.82, 2.24) is 14.8 Å². The normalized spacial score (nSPS) is 29.0. The lowest BCUT2D eigenvalue weighted by Gasteiger charge is -2.56. The first-order valence-electron chi connectivity index (χ1n) is 11.3. The summed E-state index contributed by atoms with van der Waals surface area (Å²) in [6.07, 6.45) is 11.5. The van der Waals surface area contributed by atoms with Crippen molar-refractivity contribution in [2.75, 3.05) is 0 Å². The highest BCUT2D eigenvalue weighted by Gasteiger charge is 2.51. The molecule has 0 unspecified atom stereocenters. The molecular formula is C25H27N3O3. The monoisotopic (exact) mass is 417 g/mol. The van der Waals surface area contributed by atoms with Crippen molar-refractivity contribution in [3.05, 3.63) is 52.1 Å². The smallest absolute Gasteiger partial charge is 0.338 e. The van der Waals surface area contributed by atoms with Gasteiger partial charge in [-0.3, -0.25) is 9.48 Å². The van der Waals surface area contributed by atoms with Crippen molar-refractivity contribution in [3.63, 3.8) is 0 Å². The van der Waals surface area contributed by atoms with E-state index in [0.29, 0.717) is 21.9 Å². The van der Waals surface area contributed by atoms with Gasteiger partial charge >= 0.3 is 5.97 Å². The van der Waals surface area contributed by atoms with Crippen molar-refractivity contribution in [1.29, 1.82) is 0 Å². The van der Waals surface area contributed by atoms with E-state index in [1.54, 1.807) is 18.3 Å². The average Bonchev–Trinajstić information content (AvgIpc) is 3.05. The van der Waals surface area contributed by atoms with Crippen LogP contribution in [0.3, 0.4) is 0 Å². The molecule has 6 heteroatoms. The fourth-order valence-electron chi connectivity index (χ4n) is 7.37. The van der Waals surface area contributed by atoms with E-state index in [2.05, 4.69) is 9.67 Å². The van der Waals surface area contributed by atoms with Crippen LogP contribution in [0.5, 0.6) is 0 Å². The number of aromatic amines is 1. The topological polar surface area (TPSA) is 88.0 Å². The molecule has 4 fully saturated rings. The molecule has 0 amide bonds. The molecule has 31 heavy (non-hydrogen) atoms. The number of hydrogen-bond acceptors (Lipinski definition) is 3. The first-order chi connectivity index (χ1) is 14.9. The Morgan fingerprint density at radius 2 is 1.81 bits per heavy atom. The molecule has 6 nitrogen and oxygen atoms in total. The zero-order valence-corrected chi connectivity index (χ0v) is 17.7. The second-order valence-electron chi connectivity index (χ2n) is 10.3. The minimum atomic E-state index is -1.05. The maximum absolute atomic E-state index is 12.2. The van der Waals surface area contributed by atoms with Gasteiger partial charge in [-0.25, -0.2) is 4.79 Å². The van der Waals surface area contributed by atoms with Gasteiger partial charge in [0, 0.05) is 41.0 Å². The zero-order valence-electron chi connectivity index (χ0n) is 17.7. The molecule has 7 rings (SSSR count). The lowest BCUT2D eigenvalue weighted by Crippen LogP contribution is -2.48. The van der Waals surface area contributed by atoms with Crippen LogP contribution >= 0.6 is 0 Å². The van der Waals surface area contributed by atoms with Gasteiger partial charge in [0.25, 0.3) is 0 Å². The Bertz CT molecular complexity index is 1230. The number of nitrogens with zero attached hydrogens (tertiary/aromatic N) is 2. The van der Waals surface area contributed by atoms with E-state index in [0.717, 1.165) is 35.6 Å². The van der Waals surface area contributed by atoms with Crippen LogP contribution in [0, 0.1) is 30.1 Å². The highest BCUT2D eigenvalue weighted by atomic mass is 16.4. The maximum atomic E-state index is 12.2. The maximum Gasteiger partial charge on any atom is 0.338 e. The Labute approximate surface area is 180 Å². The van der Waals surface area contributed by atoms with Gasteiger partial charge in [0.15, 0.2) is 5.43 Å². The summed E-state index contributed by atoms with van der Waals surface area (Å²) in [6.45, 7) is 2.96. The first kappa shape index (κ1) is 18.8. The van der Waals surface area contributed by atoms with E-state index in [-0.39, 0.29) is 11.0 Å². The summed E-state index contributed by atoms with van der Waals surface area (Å²) in [5, 5.41) is 15.1. The Hall–Kier alpha value is -2.89. The predicted molar refractivity (Wildman–Crippen MR) is 118 cm³/mol. The van der Waals surface area contributed by atoms with Gasteiger partial charge in [-0.2, -0.15) is 5.10 Å². The number of rotatable bonds is 4. The highest BCUT2D eigenvalue weighted by molar-refractivity contribution is 6.08. The van der Waals surface area contributed by atoms with E-state index in [9.17, 15) is 14.7 Å². The number of carbonyl (C=O) groups is 1. The number of nitrogens with one attached hydrogen (secondary N) is 1. The number of fused-ring (bicyclic) bond motifs is 1. The molecule has 0 radical (unpaired) electrons. The fourth-order valence-corrected chi connectivity index (χ4v) is 7.37. The number of hydrogen-bond donors (Lipinski definition) is 2. The molecule has 3 aromatic rings. The summed E-state index contributed by atoms with van der Waals surface area (Å²) < 4.78 is 2.10. The Morgan fingerprint density at radius 1 is 1.13 bits per heavy atom. The van der Waals surface area contributed by atoms with Gasteiger partial charge in [0.2, 0.25) is 0 Å². The minimum Gasteiger partial charge on any atom is -0.478 e. The van der Waals surface area contributed by atoms with Gasteiger partial charge in [-0.1, -0.05) is 6.07 Å². The quantitative estimate of drug-likeness (QED) is 0.649. The molecule has 160 valence electrons. The lowest BCUT2D eigenvalue weighted by molar-refractivity contribution is -0.0638. The molecule has 4 saturated carbocycles. The number of benzene rings is 1. The third kappa shape index (κ3) is 2.87. The zero-order chi connectivity index (χ0) is 21.3. The first-order valence-corrected chi connectivity index (χ1v) is 11.3. The Kier molecular flexibility index (Phi) is 3.98. The number of pyridine rings is 1. The van der Waals surface area contributed by atoms with Crippen molar-refractivity contribution in [2.45, 2.75) is 52.0 Å². The number of aromatic carboxylic acids is 1. The second kappa shape index (κ2) is 6.55. The molecule has 2 aromatic heterocycles. The molecule has 0 spiro atoms. The molecule has 1 aromatic carbocycles. The number of carboxylic acid groups (broad SMARTS) is 1. The molecule has 4 bridgehead atoms. The standard InChI is InChI=1S/C25H27N3O3/c1-14-20(18-2-3-19-21(29)4-5-26-23(19)22(18)24(30)31)12-27-28(14)13-25-9-15-6-16(10-25)8-17(7-15)11-25/h2-5,12,15-17H,6-11,13H2,1H3,(H,26,29)(H,30,31). The summed E-state index contributed by atoms with van der Waals surface area (Å²) in [5.41, 5.74) is 3.10. The van der Waals surface area contributed by atoms with Gasteiger partial charge in [0.1, 0.15) is 0 Å². The van der Waals surface area contributed by atoms with Crippen LogP contribution in [0.2, 0.25) is 0 Å². The van der Waals surface area contributed by atoms with Crippen LogP contribution in [0.25, 0.3) is 22.0 Å². The lowest BCUT2D eigenvalue weighted by atomic mass is 9.49. The van der Waals surface area contributed by atoms with Crippen molar-refractivity contribution < 1.29 is 9.90 Å². The van der Waals surface area contributed by atoms with E-state index in [1.165, 1.54) is 50.8 Å². The second-order valence-corrected chi connectivity index (χ2v) is 10.3.